The van der Waals surface area contributed by atoms with Gasteiger partial charge in [-0.25, -0.2) is 0 Å². The van der Waals surface area contributed by atoms with Crippen LogP contribution in [-0.4, -0.2) is 58.1 Å². The molecule has 2 aliphatic heterocycles. The summed E-state index contributed by atoms with van der Waals surface area (Å²) in [7, 11) is 0. The molecule has 2 bridgehead atoms. The Morgan fingerprint density at radius 3 is 2.24 bits per heavy atom. The fourth-order valence-electron chi connectivity index (χ4n) is 6.06. The van der Waals surface area contributed by atoms with E-state index in [1.54, 1.807) is 20.8 Å². The number of aliphatic hydroxyl groups is 1. The molecule has 0 amide bonds. The maximum atomic E-state index is 12.3. The first-order valence-electron chi connectivity index (χ1n) is 14.0. The Balaban J connectivity index is 1.71. The molecular weight excluding hydrogens is 528 g/mol. The Hall–Kier alpha value is -3.27. The Bertz CT molecular complexity index is 1300. The number of hydrogen-bond acceptors (Lipinski definition) is 8. The molecule has 2 N–H and O–H groups in total. The number of carbonyl (C=O) groups is 3. The molecule has 2 saturated heterocycles. The molecule has 2 aliphatic rings. The molecule has 2 aromatic rings. The number of fused-ring (bicyclic) bond motifs is 2. The molecule has 0 saturated carbocycles. The largest absolute Gasteiger partial charge is 0.481 e. The van der Waals surface area contributed by atoms with Crippen LogP contribution in [0.25, 0.3) is 0 Å². The van der Waals surface area contributed by atoms with E-state index >= 15 is 0 Å². The number of esters is 2. The van der Waals surface area contributed by atoms with Gasteiger partial charge in [0.1, 0.15) is 11.7 Å². The number of rotatable bonds is 10. The third-order valence-electron chi connectivity index (χ3n) is 8.39. The number of benzene rings is 2. The van der Waals surface area contributed by atoms with Gasteiger partial charge in [0.15, 0.2) is 6.10 Å². The number of aliphatic carboxylic acids is 1. The fourth-order valence-corrected chi connectivity index (χ4v) is 6.06. The Morgan fingerprint density at radius 1 is 1.02 bits per heavy atom. The molecule has 0 aromatic heterocycles. The zero-order valence-corrected chi connectivity index (χ0v) is 24.6. The maximum absolute atomic E-state index is 12.3. The van der Waals surface area contributed by atoms with E-state index in [4.69, 9.17) is 24.1 Å². The van der Waals surface area contributed by atoms with Gasteiger partial charge in [0.25, 0.3) is 0 Å². The Morgan fingerprint density at radius 2 is 1.66 bits per heavy atom. The van der Waals surface area contributed by atoms with Crippen molar-refractivity contribution in [2.45, 2.75) is 96.4 Å². The first kappa shape index (κ1) is 30.7. The minimum atomic E-state index is -1.62. The van der Waals surface area contributed by atoms with E-state index < -0.39 is 53.0 Å². The Kier molecular flexibility index (Phi) is 8.64. The molecule has 0 radical (unpaired) electrons. The summed E-state index contributed by atoms with van der Waals surface area (Å²) in [5.41, 5.74) is 2.13. The van der Waals surface area contributed by atoms with Crippen molar-refractivity contribution in [3.05, 3.63) is 70.3 Å². The third kappa shape index (κ3) is 6.03. The highest BCUT2D eigenvalue weighted by Crippen LogP contribution is 2.57. The van der Waals surface area contributed by atoms with E-state index in [1.165, 1.54) is 13.8 Å². The van der Waals surface area contributed by atoms with E-state index in [1.807, 2.05) is 49.4 Å². The van der Waals surface area contributed by atoms with Gasteiger partial charge < -0.3 is 29.2 Å². The lowest BCUT2D eigenvalue weighted by atomic mass is 9.70. The van der Waals surface area contributed by atoms with Gasteiger partial charge in [0.05, 0.1) is 12.2 Å². The van der Waals surface area contributed by atoms with Crippen molar-refractivity contribution in [3.8, 4) is 0 Å². The van der Waals surface area contributed by atoms with Crippen molar-refractivity contribution < 1.29 is 43.5 Å². The number of hydrogen-bond donors (Lipinski definition) is 2. The highest BCUT2D eigenvalue weighted by atomic mass is 16.8. The van der Waals surface area contributed by atoms with Crippen molar-refractivity contribution in [3.63, 3.8) is 0 Å². The molecule has 222 valence electrons. The molecular formula is C32H40O9. The third-order valence-corrected chi connectivity index (χ3v) is 8.39. The molecule has 9 nitrogen and oxygen atoms in total. The van der Waals surface area contributed by atoms with Crippen LogP contribution in [0.15, 0.2) is 42.5 Å². The monoisotopic (exact) mass is 568 g/mol. The predicted molar refractivity (Wildman–Crippen MR) is 149 cm³/mol. The summed E-state index contributed by atoms with van der Waals surface area (Å²) in [6.07, 6.45) is -0.0276. The van der Waals surface area contributed by atoms with E-state index in [0.717, 1.165) is 22.3 Å². The average molecular weight is 569 g/mol. The molecule has 0 aliphatic carbocycles. The lowest BCUT2D eigenvalue weighted by molar-refractivity contribution is -0.339. The van der Waals surface area contributed by atoms with E-state index in [-0.39, 0.29) is 13.0 Å². The van der Waals surface area contributed by atoms with Crippen LogP contribution >= 0.6 is 0 Å². The summed E-state index contributed by atoms with van der Waals surface area (Å²) < 4.78 is 24.6. The van der Waals surface area contributed by atoms with Gasteiger partial charge in [0, 0.05) is 31.7 Å². The number of carboxylic acid groups (broad SMARTS) is 1. The molecule has 5 atom stereocenters. The summed E-state index contributed by atoms with van der Waals surface area (Å²) in [6.45, 7) is 9.63. The molecule has 0 spiro atoms. The van der Waals surface area contributed by atoms with Gasteiger partial charge in [-0.2, -0.15) is 0 Å². The van der Waals surface area contributed by atoms with Crippen molar-refractivity contribution in [1.29, 1.82) is 0 Å². The molecule has 2 fully saturated rings. The second-order valence-corrected chi connectivity index (χ2v) is 11.8. The SMILES string of the molecule is CC(=O)O[C@@H]1[C@@H](OC(C)=O)[C@@]2(c3ccc(C)c(Cc4ccc(CCCC(=O)O)cc4)c3)OC[C@](C(C)(C)O)(O2)[C@H]1C. The van der Waals surface area contributed by atoms with Crippen molar-refractivity contribution in [2.24, 2.45) is 5.92 Å². The number of aryl methyl sites for hydroxylation is 2. The summed E-state index contributed by atoms with van der Waals surface area (Å²) in [5.74, 6) is -4.10. The van der Waals surface area contributed by atoms with Gasteiger partial charge in [-0.15, -0.1) is 0 Å². The van der Waals surface area contributed by atoms with E-state index in [0.29, 0.717) is 24.8 Å². The van der Waals surface area contributed by atoms with Crippen LogP contribution in [-0.2, 0) is 52.0 Å². The van der Waals surface area contributed by atoms with Gasteiger partial charge in [-0.3, -0.25) is 14.4 Å². The number of ether oxygens (including phenoxy) is 4. The minimum absolute atomic E-state index is 0.000252. The smallest absolute Gasteiger partial charge is 0.303 e. The minimum Gasteiger partial charge on any atom is -0.481 e. The number of carboxylic acids is 1. The summed E-state index contributed by atoms with van der Waals surface area (Å²) in [4.78, 5) is 35.3. The Labute approximate surface area is 240 Å². The van der Waals surface area contributed by atoms with Gasteiger partial charge in [-0.1, -0.05) is 43.3 Å². The topological polar surface area (TPSA) is 129 Å². The normalized spacial score (nSPS) is 27.3. The zero-order chi connectivity index (χ0) is 30.2. The molecule has 2 heterocycles. The average Bonchev–Trinajstić information content (AvgIpc) is 3.27. The van der Waals surface area contributed by atoms with Gasteiger partial charge in [0.2, 0.25) is 5.79 Å². The molecule has 0 unspecified atom stereocenters. The van der Waals surface area contributed by atoms with Crippen LogP contribution in [0.4, 0.5) is 0 Å². The molecule has 9 heteroatoms. The maximum Gasteiger partial charge on any atom is 0.303 e. The van der Waals surface area contributed by atoms with Crippen LogP contribution in [0.3, 0.4) is 0 Å². The summed E-state index contributed by atoms with van der Waals surface area (Å²) >= 11 is 0. The summed E-state index contributed by atoms with van der Waals surface area (Å²) in [6, 6.07) is 13.8. The van der Waals surface area contributed by atoms with Gasteiger partial charge in [-0.05, 0) is 68.4 Å². The quantitative estimate of drug-likeness (QED) is 0.405. The summed E-state index contributed by atoms with van der Waals surface area (Å²) in [5, 5.41) is 20.2. The van der Waals surface area contributed by atoms with Crippen LogP contribution in [0.5, 0.6) is 0 Å². The zero-order valence-electron chi connectivity index (χ0n) is 24.6. The lowest BCUT2D eigenvalue weighted by Crippen LogP contribution is -2.68. The predicted octanol–water partition coefficient (Wildman–Crippen LogP) is 4.22. The lowest BCUT2D eigenvalue weighted by Gasteiger charge is -2.53. The molecule has 2 aromatic carbocycles. The van der Waals surface area contributed by atoms with E-state index in [9.17, 15) is 19.5 Å². The first-order chi connectivity index (χ1) is 19.2. The second-order valence-electron chi connectivity index (χ2n) is 11.8. The fraction of sp³-hybridized carbons (Fsp3) is 0.531. The molecule has 41 heavy (non-hydrogen) atoms. The second kappa shape index (κ2) is 11.5. The standard InChI is InChI=1S/C32H40O9/c1-19-10-15-26(17-25(19)16-24-13-11-23(12-14-24)8-7-9-27(35)36)32-29(40-22(4)34)28(39-21(3)33)20(2)31(41-32,18-38-32)30(5,6)37/h10-15,17,20,28-29,37H,7-9,16,18H2,1-6H3,(H,35,36)/t20-,28-,29+,31-,32-/m0/s1. The van der Waals surface area contributed by atoms with Gasteiger partial charge >= 0.3 is 17.9 Å². The van der Waals surface area contributed by atoms with Crippen LogP contribution in [0, 0.1) is 12.8 Å². The first-order valence-corrected chi connectivity index (χ1v) is 14.0. The van der Waals surface area contributed by atoms with Crippen LogP contribution in [0.2, 0.25) is 0 Å². The molecule has 4 rings (SSSR count). The van der Waals surface area contributed by atoms with E-state index in [2.05, 4.69) is 0 Å². The van der Waals surface area contributed by atoms with Crippen molar-refractivity contribution >= 4 is 17.9 Å². The number of carbonyl (C=O) groups excluding carboxylic acids is 2. The van der Waals surface area contributed by atoms with Crippen molar-refractivity contribution in [2.75, 3.05) is 6.61 Å². The highest BCUT2D eigenvalue weighted by molar-refractivity contribution is 5.68. The van der Waals surface area contributed by atoms with Crippen LogP contribution in [0.1, 0.15) is 75.3 Å². The van der Waals surface area contributed by atoms with Crippen molar-refractivity contribution in [1.82, 2.24) is 0 Å². The highest BCUT2D eigenvalue weighted by Gasteiger charge is 2.72. The van der Waals surface area contributed by atoms with Crippen LogP contribution < -0.4 is 0 Å².